The lowest BCUT2D eigenvalue weighted by molar-refractivity contribution is -0.120. The predicted molar refractivity (Wildman–Crippen MR) is 88.9 cm³/mol. The standard InChI is InChI=1S/C16H20Cl2N2O/c1-11-6-5-7-12(15(2,3)4)13(11)20(10-17)14(21)16(18)8-9-19-16/h5-9,19H,10H2,1-4H3. The molecule has 1 aromatic carbocycles. The van der Waals surface area contributed by atoms with Gasteiger partial charge in [0.25, 0.3) is 5.91 Å². The molecule has 0 spiro atoms. The predicted octanol–water partition coefficient (Wildman–Crippen LogP) is 3.87. The summed E-state index contributed by atoms with van der Waals surface area (Å²) in [7, 11) is 0. The van der Waals surface area contributed by atoms with Gasteiger partial charge in [-0.05, 0) is 35.7 Å². The first-order valence-corrected chi connectivity index (χ1v) is 7.74. The van der Waals surface area contributed by atoms with Gasteiger partial charge in [-0.25, -0.2) is 0 Å². The molecular formula is C16H20Cl2N2O. The fraction of sp³-hybridized carbons (Fsp3) is 0.438. The molecule has 3 nitrogen and oxygen atoms in total. The average molecular weight is 327 g/mol. The van der Waals surface area contributed by atoms with Crippen LogP contribution < -0.4 is 10.2 Å². The van der Waals surface area contributed by atoms with Crippen LogP contribution in [0.2, 0.25) is 0 Å². The maximum absolute atomic E-state index is 12.7. The number of benzene rings is 1. The number of amides is 1. The minimum atomic E-state index is -1.19. The first-order chi connectivity index (χ1) is 9.70. The summed E-state index contributed by atoms with van der Waals surface area (Å²) in [5.74, 6) is -0.263. The molecule has 1 aromatic rings. The molecule has 0 aromatic heterocycles. The van der Waals surface area contributed by atoms with E-state index >= 15 is 0 Å². The highest BCUT2D eigenvalue weighted by Crippen LogP contribution is 2.37. The van der Waals surface area contributed by atoms with E-state index in [0.717, 1.165) is 16.8 Å². The molecule has 0 bridgehead atoms. The fourth-order valence-electron chi connectivity index (χ4n) is 2.40. The molecule has 0 aliphatic carbocycles. The number of hydrogen-bond donors (Lipinski definition) is 1. The summed E-state index contributed by atoms with van der Waals surface area (Å²) < 4.78 is 0. The third-order valence-corrected chi connectivity index (χ3v) is 4.23. The molecular weight excluding hydrogens is 307 g/mol. The van der Waals surface area contributed by atoms with E-state index in [9.17, 15) is 4.79 Å². The molecule has 1 atom stereocenters. The molecule has 0 saturated carbocycles. The van der Waals surface area contributed by atoms with Gasteiger partial charge in [-0.15, -0.1) is 11.6 Å². The van der Waals surface area contributed by atoms with Gasteiger partial charge in [-0.3, -0.25) is 9.69 Å². The van der Waals surface area contributed by atoms with E-state index in [1.54, 1.807) is 17.2 Å². The number of rotatable bonds is 3. The first-order valence-electron chi connectivity index (χ1n) is 6.83. The monoisotopic (exact) mass is 326 g/mol. The summed E-state index contributed by atoms with van der Waals surface area (Å²) in [5, 5.41) is 2.82. The Bertz CT molecular complexity index is 592. The lowest BCUT2D eigenvalue weighted by Gasteiger charge is -2.37. The molecule has 1 heterocycles. The Morgan fingerprint density at radius 2 is 2.00 bits per heavy atom. The number of para-hydroxylation sites is 1. The smallest absolute Gasteiger partial charge is 0.273 e. The number of anilines is 1. The summed E-state index contributed by atoms with van der Waals surface area (Å²) in [6, 6.07) is 6.05. The highest BCUT2D eigenvalue weighted by atomic mass is 35.5. The van der Waals surface area contributed by atoms with Gasteiger partial charge < -0.3 is 5.32 Å². The number of nitrogens with one attached hydrogen (secondary N) is 1. The summed E-state index contributed by atoms with van der Waals surface area (Å²) in [6.45, 7) is 8.31. The first kappa shape index (κ1) is 16.2. The summed E-state index contributed by atoms with van der Waals surface area (Å²) in [5.41, 5.74) is 2.81. The molecule has 5 heteroatoms. The molecule has 0 fully saturated rings. The minimum absolute atomic E-state index is 0.0523. The second-order valence-electron chi connectivity index (χ2n) is 6.26. The van der Waals surface area contributed by atoms with Crippen LogP contribution in [-0.2, 0) is 10.2 Å². The van der Waals surface area contributed by atoms with E-state index in [1.165, 1.54) is 0 Å². The van der Waals surface area contributed by atoms with Crippen LogP contribution in [0.5, 0.6) is 0 Å². The number of carbonyl (C=O) groups is 1. The minimum Gasteiger partial charge on any atom is -0.362 e. The second-order valence-corrected chi connectivity index (χ2v) is 7.10. The van der Waals surface area contributed by atoms with Crippen LogP contribution in [0.4, 0.5) is 5.69 Å². The Kier molecular flexibility index (Phi) is 4.27. The van der Waals surface area contributed by atoms with Crippen LogP contribution in [0, 0.1) is 6.92 Å². The maximum atomic E-state index is 12.7. The van der Waals surface area contributed by atoms with Crippen molar-refractivity contribution in [2.45, 2.75) is 38.1 Å². The van der Waals surface area contributed by atoms with Gasteiger partial charge >= 0.3 is 0 Å². The SMILES string of the molecule is Cc1cccc(C(C)(C)C)c1N(CCl)C(=O)C1(Cl)C=CN1. The van der Waals surface area contributed by atoms with E-state index in [1.807, 2.05) is 25.1 Å². The zero-order valence-corrected chi connectivity index (χ0v) is 14.2. The quantitative estimate of drug-likeness (QED) is 0.675. The van der Waals surface area contributed by atoms with Crippen molar-refractivity contribution in [1.82, 2.24) is 5.32 Å². The van der Waals surface area contributed by atoms with Crippen LogP contribution in [-0.4, -0.2) is 16.9 Å². The number of alkyl halides is 2. The van der Waals surface area contributed by atoms with Gasteiger partial charge in [-0.1, -0.05) is 50.6 Å². The van der Waals surface area contributed by atoms with Crippen LogP contribution >= 0.6 is 23.2 Å². The van der Waals surface area contributed by atoms with Crippen molar-refractivity contribution in [2.75, 3.05) is 10.9 Å². The average Bonchev–Trinajstić information content (AvgIpc) is 2.37. The Morgan fingerprint density at radius 1 is 1.38 bits per heavy atom. The highest BCUT2D eigenvalue weighted by Gasteiger charge is 2.42. The van der Waals surface area contributed by atoms with E-state index in [0.29, 0.717) is 0 Å². The molecule has 21 heavy (non-hydrogen) atoms. The van der Waals surface area contributed by atoms with Crippen LogP contribution in [0.1, 0.15) is 31.9 Å². The number of carbonyl (C=O) groups excluding carboxylic acids is 1. The van der Waals surface area contributed by atoms with E-state index in [4.69, 9.17) is 23.2 Å². The van der Waals surface area contributed by atoms with Gasteiger partial charge in [0.05, 0.1) is 5.69 Å². The molecule has 1 aliphatic heterocycles. The summed E-state index contributed by atoms with van der Waals surface area (Å²) in [6.07, 6.45) is 3.28. The highest BCUT2D eigenvalue weighted by molar-refractivity contribution is 6.39. The molecule has 0 radical (unpaired) electrons. The van der Waals surface area contributed by atoms with Crippen molar-refractivity contribution in [3.63, 3.8) is 0 Å². The number of nitrogens with zero attached hydrogens (tertiary/aromatic N) is 1. The van der Waals surface area contributed by atoms with Gasteiger partial charge in [-0.2, -0.15) is 0 Å². The lowest BCUT2D eigenvalue weighted by Crippen LogP contribution is -2.56. The van der Waals surface area contributed by atoms with E-state index < -0.39 is 5.00 Å². The normalized spacial score (nSPS) is 20.7. The Hall–Kier alpha value is -1.19. The summed E-state index contributed by atoms with van der Waals surface area (Å²) in [4.78, 5) is 13.1. The van der Waals surface area contributed by atoms with Gasteiger partial charge in [0.15, 0.2) is 0 Å². The molecule has 1 N–H and O–H groups in total. The largest absolute Gasteiger partial charge is 0.362 e. The van der Waals surface area contributed by atoms with Crippen LogP contribution in [0.3, 0.4) is 0 Å². The van der Waals surface area contributed by atoms with Crippen LogP contribution in [0.15, 0.2) is 30.5 Å². The van der Waals surface area contributed by atoms with Crippen molar-refractivity contribution >= 4 is 34.8 Å². The van der Waals surface area contributed by atoms with Crippen molar-refractivity contribution in [3.05, 3.63) is 41.6 Å². The van der Waals surface area contributed by atoms with Gasteiger partial charge in [0.2, 0.25) is 5.00 Å². The number of hydrogen-bond acceptors (Lipinski definition) is 2. The molecule has 1 amide bonds. The molecule has 0 saturated heterocycles. The molecule has 114 valence electrons. The zero-order chi connectivity index (χ0) is 15.8. The van der Waals surface area contributed by atoms with Gasteiger partial charge in [0, 0.05) is 0 Å². The van der Waals surface area contributed by atoms with Crippen molar-refractivity contribution in [1.29, 1.82) is 0 Å². The number of aryl methyl sites for hydroxylation is 1. The second kappa shape index (κ2) is 5.54. The van der Waals surface area contributed by atoms with Crippen LogP contribution in [0.25, 0.3) is 0 Å². The van der Waals surface area contributed by atoms with E-state index in [-0.39, 0.29) is 17.3 Å². The molecule has 2 rings (SSSR count). The Labute approximate surface area is 135 Å². The van der Waals surface area contributed by atoms with Gasteiger partial charge in [0.1, 0.15) is 6.00 Å². The molecule has 1 aliphatic rings. The maximum Gasteiger partial charge on any atom is 0.273 e. The van der Waals surface area contributed by atoms with Crippen molar-refractivity contribution in [3.8, 4) is 0 Å². The molecule has 1 unspecified atom stereocenters. The van der Waals surface area contributed by atoms with Crippen molar-refractivity contribution in [2.24, 2.45) is 0 Å². The fourth-order valence-corrected chi connectivity index (χ4v) is 2.85. The Morgan fingerprint density at radius 3 is 2.43 bits per heavy atom. The third kappa shape index (κ3) is 2.90. The number of halogens is 2. The zero-order valence-electron chi connectivity index (χ0n) is 12.7. The van der Waals surface area contributed by atoms with Crippen molar-refractivity contribution < 1.29 is 4.79 Å². The lowest BCUT2D eigenvalue weighted by atomic mass is 9.84. The van der Waals surface area contributed by atoms with E-state index in [2.05, 4.69) is 26.1 Å². The topological polar surface area (TPSA) is 32.3 Å². The third-order valence-electron chi connectivity index (χ3n) is 3.60. The Balaban J connectivity index is 2.53. The summed E-state index contributed by atoms with van der Waals surface area (Å²) >= 11 is 12.3.